The molecule has 2 rings (SSSR count). The van der Waals surface area contributed by atoms with E-state index in [1.54, 1.807) is 0 Å². The minimum atomic E-state index is -1.22. The lowest BCUT2D eigenvalue weighted by Crippen LogP contribution is -2.32. The summed E-state index contributed by atoms with van der Waals surface area (Å²) in [6.45, 7) is 5.83. The molecule has 0 bridgehead atoms. The first-order valence-corrected chi connectivity index (χ1v) is 7.98. The number of amides is 1. The standard InChI is InChI=1S/C20H23NO3/c1-13-5-8-16(9-6-13)11-17(12-19(22)23)20(24)21-18-10-14(2)4-7-15(18)3/h4-10,17H,11-12H2,1-3H3,(H,21,24)(H,22,23)/p-1/t17-/m1/s1. The zero-order valence-corrected chi connectivity index (χ0v) is 14.3. The van der Waals surface area contributed by atoms with E-state index in [4.69, 9.17) is 0 Å². The van der Waals surface area contributed by atoms with Crippen molar-refractivity contribution >= 4 is 17.6 Å². The van der Waals surface area contributed by atoms with E-state index < -0.39 is 11.9 Å². The Kier molecular flexibility index (Phi) is 5.74. The number of anilines is 1. The van der Waals surface area contributed by atoms with Crippen LogP contribution in [0, 0.1) is 26.7 Å². The predicted molar refractivity (Wildman–Crippen MR) is 92.5 cm³/mol. The normalized spacial score (nSPS) is 11.8. The summed E-state index contributed by atoms with van der Waals surface area (Å²) in [5.74, 6) is -2.19. The van der Waals surface area contributed by atoms with Crippen LogP contribution in [0.1, 0.15) is 28.7 Å². The van der Waals surface area contributed by atoms with Gasteiger partial charge in [0.05, 0.1) is 0 Å². The molecular weight excluding hydrogens is 302 g/mol. The SMILES string of the molecule is Cc1ccc(C[C@H](CC(=O)[O-])C(=O)Nc2cc(C)ccc2C)cc1. The fraction of sp³-hybridized carbons (Fsp3) is 0.300. The fourth-order valence-electron chi connectivity index (χ4n) is 2.57. The van der Waals surface area contributed by atoms with Crippen molar-refractivity contribution < 1.29 is 14.7 Å². The third kappa shape index (κ3) is 4.95. The summed E-state index contributed by atoms with van der Waals surface area (Å²) in [5, 5.41) is 13.9. The van der Waals surface area contributed by atoms with Crippen molar-refractivity contribution in [3.63, 3.8) is 0 Å². The number of hydrogen-bond donors (Lipinski definition) is 1. The van der Waals surface area contributed by atoms with Gasteiger partial charge >= 0.3 is 0 Å². The molecule has 0 radical (unpaired) electrons. The van der Waals surface area contributed by atoms with Gasteiger partial charge in [0.1, 0.15) is 0 Å². The zero-order chi connectivity index (χ0) is 17.7. The number of carbonyl (C=O) groups excluding carboxylic acids is 2. The van der Waals surface area contributed by atoms with Crippen LogP contribution in [0.25, 0.3) is 0 Å². The number of benzene rings is 2. The molecule has 1 atom stereocenters. The van der Waals surface area contributed by atoms with Crippen LogP contribution in [0.3, 0.4) is 0 Å². The maximum atomic E-state index is 12.6. The second kappa shape index (κ2) is 7.77. The molecule has 0 fully saturated rings. The number of rotatable bonds is 6. The van der Waals surface area contributed by atoms with E-state index in [1.165, 1.54) is 0 Å². The lowest BCUT2D eigenvalue weighted by molar-refractivity contribution is -0.306. The predicted octanol–water partition coefficient (Wildman–Crippen LogP) is 2.55. The van der Waals surface area contributed by atoms with Crippen molar-refractivity contribution in [3.05, 3.63) is 64.7 Å². The fourth-order valence-corrected chi connectivity index (χ4v) is 2.57. The third-order valence-electron chi connectivity index (χ3n) is 4.04. The van der Waals surface area contributed by atoms with Crippen LogP contribution in [-0.2, 0) is 16.0 Å². The molecule has 4 heteroatoms. The monoisotopic (exact) mass is 324 g/mol. The van der Waals surface area contributed by atoms with Crippen molar-refractivity contribution in [3.8, 4) is 0 Å². The minimum absolute atomic E-state index is 0.298. The first-order valence-electron chi connectivity index (χ1n) is 7.98. The molecule has 24 heavy (non-hydrogen) atoms. The summed E-state index contributed by atoms with van der Waals surface area (Å²) in [7, 11) is 0. The number of aliphatic carboxylic acids is 1. The minimum Gasteiger partial charge on any atom is -0.550 e. The van der Waals surface area contributed by atoms with Gasteiger partial charge in [-0.25, -0.2) is 0 Å². The Hall–Kier alpha value is -2.62. The van der Waals surface area contributed by atoms with Crippen LogP contribution < -0.4 is 10.4 Å². The first kappa shape index (κ1) is 17.7. The Bertz CT molecular complexity index is 735. The molecule has 0 spiro atoms. The third-order valence-corrected chi connectivity index (χ3v) is 4.04. The summed E-state index contributed by atoms with van der Waals surface area (Å²) in [4.78, 5) is 23.6. The number of hydrogen-bond acceptors (Lipinski definition) is 3. The van der Waals surface area contributed by atoms with Crippen LogP contribution in [0.15, 0.2) is 42.5 Å². The van der Waals surface area contributed by atoms with Gasteiger partial charge in [0.25, 0.3) is 0 Å². The molecule has 126 valence electrons. The Morgan fingerprint density at radius 3 is 2.25 bits per heavy atom. The van der Waals surface area contributed by atoms with Gasteiger partial charge in [-0.15, -0.1) is 0 Å². The molecule has 2 aromatic carbocycles. The number of carbonyl (C=O) groups is 2. The quantitative estimate of drug-likeness (QED) is 0.888. The lowest BCUT2D eigenvalue weighted by atomic mass is 9.94. The highest BCUT2D eigenvalue weighted by atomic mass is 16.4. The van der Waals surface area contributed by atoms with Crippen molar-refractivity contribution in [2.24, 2.45) is 5.92 Å². The number of carboxylic acids is 1. The topological polar surface area (TPSA) is 69.2 Å². The van der Waals surface area contributed by atoms with E-state index in [-0.39, 0.29) is 12.3 Å². The highest BCUT2D eigenvalue weighted by Crippen LogP contribution is 2.20. The van der Waals surface area contributed by atoms with Gasteiger partial charge in [0.15, 0.2) is 0 Å². The number of aryl methyl sites for hydroxylation is 3. The molecule has 0 aliphatic heterocycles. The molecule has 0 aromatic heterocycles. The van der Waals surface area contributed by atoms with Crippen molar-refractivity contribution in [1.82, 2.24) is 0 Å². The Labute approximate surface area is 142 Å². The first-order chi connectivity index (χ1) is 11.3. The van der Waals surface area contributed by atoms with Crippen molar-refractivity contribution in [2.45, 2.75) is 33.6 Å². The summed E-state index contributed by atoms with van der Waals surface area (Å²) in [5.41, 5.74) is 4.74. The number of nitrogens with one attached hydrogen (secondary N) is 1. The van der Waals surface area contributed by atoms with E-state index >= 15 is 0 Å². The van der Waals surface area contributed by atoms with E-state index in [1.807, 2.05) is 63.2 Å². The van der Waals surface area contributed by atoms with Gasteiger partial charge in [-0.05, 0) is 56.4 Å². The molecular formula is C20H22NO3-. The molecule has 0 saturated carbocycles. The Balaban J connectivity index is 2.16. The maximum absolute atomic E-state index is 12.6. The average molecular weight is 324 g/mol. The van der Waals surface area contributed by atoms with Gasteiger partial charge in [-0.3, -0.25) is 4.79 Å². The highest BCUT2D eigenvalue weighted by molar-refractivity contribution is 5.95. The van der Waals surface area contributed by atoms with Gasteiger partial charge in [-0.2, -0.15) is 0 Å². The summed E-state index contributed by atoms with van der Waals surface area (Å²) in [6, 6.07) is 13.5. The molecule has 0 saturated heterocycles. The van der Waals surface area contributed by atoms with Gasteiger partial charge in [-0.1, -0.05) is 42.0 Å². The van der Waals surface area contributed by atoms with Crippen LogP contribution in [0.4, 0.5) is 5.69 Å². The highest BCUT2D eigenvalue weighted by Gasteiger charge is 2.20. The number of carboxylic acid groups (broad SMARTS) is 1. The van der Waals surface area contributed by atoms with Crippen LogP contribution in [0.5, 0.6) is 0 Å². The van der Waals surface area contributed by atoms with Gasteiger partial charge < -0.3 is 15.2 Å². The maximum Gasteiger partial charge on any atom is 0.228 e. The molecule has 0 heterocycles. The molecule has 4 nitrogen and oxygen atoms in total. The van der Waals surface area contributed by atoms with Crippen LogP contribution in [0.2, 0.25) is 0 Å². The lowest BCUT2D eigenvalue weighted by Gasteiger charge is -2.19. The molecule has 1 N–H and O–H groups in total. The van der Waals surface area contributed by atoms with Crippen molar-refractivity contribution in [1.29, 1.82) is 0 Å². The molecule has 0 unspecified atom stereocenters. The van der Waals surface area contributed by atoms with Crippen LogP contribution in [-0.4, -0.2) is 11.9 Å². The largest absolute Gasteiger partial charge is 0.550 e. The van der Waals surface area contributed by atoms with E-state index in [9.17, 15) is 14.7 Å². The van der Waals surface area contributed by atoms with Gasteiger partial charge in [0.2, 0.25) is 5.91 Å². The molecule has 0 aliphatic rings. The van der Waals surface area contributed by atoms with E-state index in [0.717, 1.165) is 22.3 Å². The Morgan fingerprint density at radius 1 is 1.00 bits per heavy atom. The van der Waals surface area contributed by atoms with E-state index in [2.05, 4.69) is 5.32 Å². The average Bonchev–Trinajstić information content (AvgIpc) is 2.52. The zero-order valence-electron chi connectivity index (χ0n) is 14.3. The Morgan fingerprint density at radius 2 is 1.62 bits per heavy atom. The summed E-state index contributed by atoms with van der Waals surface area (Å²) in [6.07, 6.45) is 0.0650. The second-order valence-corrected chi connectivity index (χ2v) is 6.27. The summed E-state index contributed by atoms with van der Waals surface area (Å²) >= 11 is 0. The summed E-state index contributed by atoms with van der Waals surface area (Å²) < 4.78 is 0. The second-order valence-electron chi connectivity index (χ2n) is 6.27. The van der Waals surface area contributed by atoms with Crippen LogP contribution >= 0.6 is 0 Å². The van der Waals surface area contributed by atoms with Crippen molar-refractivity contribution in [2.75, 3.05) is 5.32 Å². The van der Waals surface area contributed by atoms with E-state index in [0.29, 0.717) is 12.1 Å². The molecule has 1 amide bonds. The smallest absolute Gasteiger partial charge is 0.228 e. The molecule has 0 aliphatic carbocycles. The molecule has 2 aromatic rings. The van der Waals surface area contributed by atoms with Gasteiger partial charge in [0, 0.05) is 17.6 Å².